The van der Waals surface area contributed by atoms with Gasteiger partial charge < -0.3 is 10.2 Å². The van der Waals surface area contributed by atoms with Crippen molar-refractivity contribution in [1.29, 1.82) is 0 Å². The van der Waals surface area contributed by atoms with Crippen LogP contribution in [0.25, 0.3) is 0 Å². The number of pyridine rings is 1. The van der Waals surface area contributed by atoms with E-state index < -0.39 is 5.82 Å². The van der Waals surface area contributed by atoms with E-state index >= 15 is 0 Å². The number of hydrogen-bond acceptors (Lipinski definition) is 4. The van der Waals surface area contributed by atoms with Gasteiger partial charge >= 0.3 is 0 Å². The van der Waals surface area contributed by atoms with Gasteiger partial charge in [-0.15, -0.1) is 0 Å². The Bertz CT molecular complexity index is 536. The van der Waals surface area contributed by atoms with Gasteiger partial charge in [0.15, 0.2) is 0 Å². The lowest BCUT2D eigenvalue weighted by Crippen LogP contribution is -2.08. The van der Waals surface area contributed by atoms with Crippen molar-refractivity contribution in [3.63, 3.8) is 0 Å². The Morgan fingerprint density at radius 2 is 2.12 bits per heavy atom. The summed E-state index contributed by atoms with van der Waals surface area (Å²) in [6, 6.07) is 8.89. The lowest BCUT2D eigenvalue weighted by atomic mass is 10.3. The highest BCUT2D eigenvalue weighted by atomic mass is 35.5. The summed E-state index contributed by atoms with van der Waals surface area (Å²) in [4.78, 5) is 4.04. The molecule has 3 N–H and O–H groups in total. The van der Waals surface area contributed by atoms with Crippen LogP contribution in [0.4, 0.5) is 10.2 Å². The number of aromatic nitrogens is 1. The molecule has 0 aliphatic carbocycles. The van der Waals surface area contributed by atoms with Crippen LogP contribution >= 0.6 is 11.6 Å². The Hall–Kier alpha value is -1.85. The summed E-state index contributed by atoms with van der Waals surface area (Å²) in [6.07, 6.45) is 0. The molecule has 0 unspecified atom stereocenters. The SMILES string of the molecule is NNc1cccc(Oc2ccc(F)cc2Cl)n1. The molecule has 6 heteroatoms. The molecule has 0 saturated carbocycles. The number of nitrogens with zero attached hydrogens (tertiary/aromatic N) is 1. The van der Waals surface area contributed by atoms with Gasteiger partial charge in [0.05, 0.1) is 5.02 Å². The lowest BCUT2D eigenvalue weighted by Gasteiger charge is -2.07. The molecular weight excluding hydrogens is 245 g/mol. The molecule has 0 atom stereocenters. The van der Waals surface area contributed by atoms with E-state index in [1.54, 1.807) is 18.2 Å². The number of halogens is 2. The fourth-order valence-electron chi connectivity index (χ4n) is 1.22. The van der Waals surface area contributed by atoms with Crippen molar-refractivity contribution < 1.29 is 9.13 Å². The first-order valence-electron chi connectivity index (χ1n) is 4.75. The maximum atomic E-state index is 12.8. The van der Waals surface area contributed by atoms with Gasteiger partial charge in [-0.05, 0) is 24.3 Å². The molecular formula is C11H9ClFN3O. The molecule has 1 aromatic carbocycles. The van der Waals surface area contributed by atoms with Crippen molar-refractivity contribution in [2.75, 3.05) is 5.43 Å². The third-order valence-corrected chi connectivity index (χ3v) is 2.28. The van der Waals surface area contributed by atoms with Gasteiger partial charge in [-0.3, -0.25) is 0 Å². The van der Waals surface area contributed by atoms with Crippen LogP contribution in [0.5, 0.6) is 11.6 Å². The van der Waals surface area contributed by atoms with E-state index in [0.29, 0.717) is 17.4 Å². The molecule has 0 fully saturated rings. The zero-order valence-corrected chi connectivity index (χ0v) is 9.41. The first-order valence-corrected chi connectivity index (χ1v) is 5.13. The largest absolute Gasteiger partial charge is 0.437 e. The van der Waals surface area contributed by atoms with E-state index in [2.05, 4.69) is 10.4 Å². The van der Waals surface area contributed by atoms with Crippen LogP contribution in [-0.4, -0.2) is 4.98 Å². The smallest absolute Gasteiger partial charge is 0.221 e. The summed E-state index contributed by atoms with van der Waals surface area (Å²) in [7, 11) is 0. The number of rotatable bonds is 3. The lowest BCUT2D eigenvalue weighted by molar-refractivity contribution is 0.462. The van der Waals surface area contributed by atoms with E-state index in [1.165, 1.54) is 18.2 Å². The number of anilines is 1. The van der Waals surface area contributed by atoms with Crippen LogP contribution in [0, 0.1) is 5.82 Å². The fourth-order valence-corrected chi connectivity index (χ4v) is 1.43. The van der Waals surface area contributed by atoms with Crippen molar-refractivity contribution in [3.8, 4) is 11.6 Å². The van der Waals surface area contributed by atoms with Crippen LogP contribution in [0.2, 0.25) is 5.02 Å². The molecule has 1 heterocycles. The van der Waals surface area contributed by atoms with Crippen LogP contribution in [-0.2, 0) is 0 Å². The highest BCUT2D eigenvalue weighted by Gasteiger charge is 2.05. The zero-order valence-electron chi connectivity index (χ0n) is 8.65. The standard InChI is InChI=1S/C11H9ClFN3O/c12-8-6-7(13)4-5-9(8)17-11-3-1-2-10(15-11)16-14/h1-6H,14H2,(H,15,16). The Kier molecular flexibility index (Phi) is 3.41. The minimum absolute atomic E-state index is 0.179. The van der Waals surface area contributed by atoms with Gasteiger partial charge in [-0.2, -0.15) is 4.98 Å². The maximum absolute atomic E-state index is 12.8. The third kappa shape index (κ3) is 2.83. The van der Waals surface area contributed by atoms with E-state index in [-0.39, 0.29) is 5.02 Å². The van der Waals surface area contributed by atoms with Gasteiger partial charge in [0.25, 0.3) is 0 Å². The minimum atomic E-state index is -0.423. The molecule has 0 spiro atoms. The van der Waals surface area contributed by atoms with Crippen LogP contribution in [0.3, 0.4) is 0 Å². The van der Waals surface area contributed by atoms with Crippen molar-refractivity contribution in [2.45, 2.75) is 0 Å². The first kappa shape index (κ1) is 11.6. The Morgan fingerprint density at radius 1 is 1.29 bits per heavy atom. The molecule has 0 bridgehead atoms. The molecule has 0 radical (unpaired) electrons. The topological polar surface area (TPSA) is 60.2 Å². The molecule has 0 saturated heterocycles. The number of nitrogens with two attached hydrogens (primary N) is 1. The monoisotopic (exact) mass is 253 g/mol. The fraction of sp³-hybridized carbons (Fsp3) is 0. The van der Waals surface area contributed by atoms with E-state index in [9.17, 15) is 4.39 Å². The summed E-state index contributed by atoms with van der Waals surface area (Å²) in [6.45, 7) is 0. The molecule has 2 aromatic rings. The van der Waals surface area contributed by atoms with Gasteiger partial charge in [-0.1, -0.05) is 17.7 Å². The molecule has 1 aromatic heterocycles. The Morgan fingerprint density at radius 3 is 2.82 bits per heavy atom. The van der Waals surface area contributed by atoms with Crippen molar-refractivity contribution in [2.24, 2.45) is 5.84 Å². The van der Waals surface area contributed by atoms with E-state index in [1.807, 2.05) is 0 Å². The minimum Gasteiger partial charge on any atom is -0.437 e. The molecule has 2 rings (SSSR count). The number of nitrogens with one attached hydrogen (secondary N) is 1. The second kappa shape index (κ2) is 4.99. The maximum Gasteiger partial charge on any atom is 0.221 e. The number of nitrogen functional groups attached to an aromatic ring is 1. The first-order chi connectivity index (χ1) is 8.19. The van der Waals surface area contributed by atoms with Crippen molar-refractivity contribution in [1.82, 2.24) is 4.98 Å². The zero-order chi connectivity index (χ0) is 12.3. The van der Waals surface area contributed by atoms with Gasteiger partial charge in [0.2, 0.25) is 5.88 Å². The van der Waals surface area contributed by atoms with Crippen LogP contribution in [0.15, 0.2) is 36.4 Å². The predicted molar refractivity (Wildman–Crippen MR) is 63.5 cm³/mol. The van der Waals surface area contributed by atoms with Crippen molar-refractivity contribution >= 4 is 17.4 Å². The average molecular weight is 254 g/mol. The molecule has 4 nitrogen and oxygen atoms in total. The van der Waals surface area contributed by atoms with Gasteiger partial charge in [0.1, 0.15) is 17.4 Å². The van der Waals surface area contributed by atoms with Gasteiger partial charge in [0, 0.05) is 6.07 Å². The Labute approximate surface area is 102 Å². The second-order valence-corrected chi connectivity index (χ2v) is 3.59. The van der Waals surface area contributed by atoms with Crippen LogP contribution < -0.4 is 16.0 Å². The van der Waals surface area contributed by atoms with E-state index in [4.69, 9.17) is 22.2 Å². The van der Waals surface area contributed by atoms with Crippen LogP contribution in [0.1, 0.15) is 0 Å². The molecule has 17 heavy (non-hydrogen) atoms. The van der Waals surface area contributed by atoms with E-state index in [0.717, 1.165) is 0 Å². The average Bonchev–Trinajstić information content (AvgIpc) is 2.33. The number of benzene rings is 1. The number of ether oxygens (including phenoxy) is 1. The summed E-state index contributed by atoms with van der Waals surface area (Å²) in [5.41, 5.74) is 2.39. The third-order valence-electron chi connectivity index (χ3n) is 1.98. The molecule has 0 amide bonds. The highest BCUT2D eigenvalue weighted by molar-refractivity contribution is 6.32. The summed E-state index contributed by atoms with van der Waals surface area (Å²) >= 11 is 5.82. The summed E-state index contributed by atoms with van der Waals surface area (Å²) in [5, 5.41) is 0.179. The number of hydrazine groups is 1. The highest BCUT2D eigenvalue weighted by Crippen LogP contribution is 2.29. The predicted octanol–water partition coefficient (Wildman–Crippen LogP) is 2.95. The quantitative estimate of drug-likeness (QED) is 0.652. The van der Waals surface area contributed by atoms with Crippen molar-refractivity contribution in [3.05, 3.63) is 47.2 Å². The summed E-state index contributed by atoms with van der Waals surface area (Å²) < 4.78 is 18.2. The molecule has 0 aliphatic heterocycles. The molecule has 88 valence electrons. The van der Waals surface area contributed by atoms with Gasteiger partial charge in [-0.25, -0.2) is 10.2 Å². The molecule has 0 aliphatic rings. The number of hydrogen-bond donors (Lipinski definition) is 2. The normalized spacial score (nSPS) is 10.1. The Balaban J connectivity index is 2.25. The second-order valence-electron chi connectivity index (χ2n) is 3.18. The summed E-state index contributed by atoms with van der Waals surface area (Å²) in [5.74, 6) is 5.90.